The maximum absolute atomic E-state index is 10.5. The molecule has 1 saturated heterocycles. The molecule has 2 bridgehead atoms. The van der Waals surface area contributed by atoms with Gasteiger partial charge in [-0.3, -0.25) is 4.90 Å². The third kappa shape index (κ3) is 5.02. The Morgan fingerprint density at radius 1 is 1.10 bits per heavy atom. The van der Waals surface area contributed by atoms with E-state index in [4.69, 9.17) is 10.00 Å². The number of benzene rings is 2. The highest BCUT2D eigenvalue weighted by molar-refractivity contribution is 5.34. The fourth-order valence-electron chi connectivity index (χ4n) is 5.31. The summed E-state index contributed by atoms with van der Waals surface area (Å²) in [7, 11) is 2.15. The van der Waals surface area contributed by atoms with Crippen molar-refractivity contribution >= 4 is 0 Å². The number of likely N-dealkylation sites (tertiary alicyclic amines) is 1. The van der Waals surface area contributed by atoms with Crippen LogP contribution in [0, 0.1) is 23.2 Å². The Balaban J connectivity index is 1.26. The van der Waals surface area contributed by atoms with Gasteiger partial charge in [0.05, 0.1) is 11.6 Å². The van der Waals surface area contributed by atoms with Gasteiger partial charge in [-0.15, -0.1) is 0 Å². The largest absolute Gasteiger partial charge is 0.491 e. The molecule has 5 heteroatoms. The van der Waals surface area contributed by atoms with E-state index in [-0.39, 0.29) is 6.61 Å². The highest BCUT2D eigenvalue weighted by atomic mass is 16.5. The first-order valence-corrected chi connectivity index (χ1v) is 10.9. The molecule has 2 aromatic rings. The smallest absolute Gasteiger partial charge is 0.119 e. The summed E-state index contributed by atoms with van der Waals surface area (Å²) in [5, 5.41) is 19.4. The number of hydrogen-bond donors (Lipinski definition) is 1. The number of aliphatic hydroxyl groups excluding tert-OH is 1. The number of aliphatic hydroxyl groups is 1. The Labute approximate surface area is 179 Å². The minimum Gasteiger partial charge on any atom is -0.491 e. The molecule has 1 heterocycles. The molecule has 1 aliphatic carbocycles. The Hall–Kier alpha value is -2.39. The molecule has 0 amide bonds. The van der Waals surface area contributed by atoms with Crippen LogP contribution in [0.2, 0.25) is 0 Å². The maximum Gasteiger partial charge on any atom is 0.119 e. The van der Waals surface area contributed by atoms with Crippen LogP contribution in [0.25, 0.3) is 0 Å². The molecule has 1 N–H and O–H groups in total. The van der Waals surface area contributed by atoms with E-state index in [2.05, 4.69) is 53.2 Å². The van der Waals surface area contributed by atoms with Crippen LogP contribution < -0.4 is 4.74 Å². The predicted molar refractivity (Wildman–Crippen MR) is 117 cm³/mol. The first kappa shape index (κ1) is 20.9. The van der Waals surface area contributed by atoms with E-state index < -0.39 is 6.10 Å². The van der Waals surface area contributed by atoms with Gasteiger partial charge in [-0.2, -0.15) is 5.26 Å². The van der Waals surface area contributed by atoms with Crippen molar-refractivity contribution in [2.45, 2.75) is 31.5 Å². The third-order valence-corrected chi connectivity index (χ3v) is 6.54. The molecule has 0 spiro atoms. The van der Waals surface area contributed by atoms with E-state index in [1.165, 1.54) is 18.4 Å². The Morgan fingerprint density at radius 2 is 1.77 bits per heavy atom. The Bertz CT molecular complexity index is 835. The summed E-state index contributed by atoms with van der Waals surface area (Å²) in [4.78, 5) is 4.96. The summed E-state index contributed by atoms with van der Waals surface area (Å²) < 4.78 is 5.71. The number of ether oxygens (including phenoxy) is 1. The second kappa shape index (κ2) is 9.61. The molecule has 1 saturated carbocycles. The van der Waals surface area contributed by atoms with Gasteiger partial charge < -0.3 is 14.7 Å². The molecular weight excluding hydrogens is 374 g/mol. The summed E-state index contributed by atoms with van der Waals surface area (Å²) >= 11 is 0. The lowest BCUT2D eigenvalue weighted by Gasteiger charge is -2.43. The highest BCUT2D eigenvalue weighted by Gasteiger charge is 2.43. The van der Waals surface area contributed by atoms with Crippen molar-refractivity contribution in [2.75, 3.05) is 33.3 Å². The molecule has 30 heavy (non-hydrogen) atoms. The monoisotopic (exact) mass is 405 g/mol. The van der Waals surface area contributed by atoms with Crippen LogP contribution in [0.5, 0.6) is 5.75 Å². The molecule has 1 aliphatic heterocycles. The van der Waals surface area contributed by atoms with Crippen molar-refractivity contribution in [2.24, 2.45) is 11.8 Å². The highest BCUT2D eigenvalue weighted by Crippen LogP contribution is 2.40. The van der Waals surface area contributed by atoms with Crippen LogP contribution in [0.4, 0.5) is 0 Å². The van der Waals surface area contributed by atoms with Gasteiger partial charge in [-0.1, -0.05) is 30.3 Å². The zero-order chi connectivity index (χ0) is 20.9. The standard InChI is InChI=1S/C25H31N3O2/c1-27(17-23(29)18-30-24-11-7-19(13-26)8-12-24)25-21-9-10-22(25)16-28(15-21)14-20-5-3-2-4-6-20/h2-8,11-12,21-23,25,29H,9-10,14-18H2,1H3. The van der Waals surface area contributed by atoms with E-state index in [0.717, 1.165) is 19.6 Å². The molecule has 2 fully saturated rings. The minimum absolute atomic E-state index is 0.262. The zero-order valence-corrected chi connectivity index (χ0v) is 17.7. The molecule has 5 nitrogen and oxygen atoms in total. The number of likely N-dealkylation sites (N-methyl/N-ethyl adjacent to an activating group) is 1. The quantitative estimate of drug-likeness (QED) is 0.731. The fourth-order valence-corrected chi connectivity index (χ4v) is 5.31. The molecule has 0 aromatic heterocycles. The lowest BCUT2D eigenvalue weighted by Crippen LogP contribution is -2.53. The van der Waals surface area contributed by atoms with Gasteiger partial charge in [0.2, 0.25) is 0 Å². The van der Waals surface area contributed by atoms with Gasteiger partial charge >= 0.3 is 0 Å². The summed E-state index contributed by atoms with van der Waals surface area (Å²) in [6.07, 6.45) is 2.03. The van der Waals surface area contributed by atoms with Crippen LogP contribution in [0.15, 0.2) is 54.6 Å². The van der Waals surface area contributed by atoms with Crippen molar-refractivity contribution in [1.29, 1.82) is 5.26 Å². The SMILES string of the molecule is CN(CC(O)COc1ccc(C#N)cc1)C1C2CCC1CN(Cc1ccccc1)C2. The summed E-state index contributed by atoms with van der Waals surface area (Å²) in [6, 6.07) is 20.4. The molecule has 3 atom stereocenters. The Kier molecular flexibility index (Phi) is 6.69. The van der Waals surface area contributed by atoms with E-state index in [0.29, 0.717) is 35.7 Å². The van der Waals surface area contributed by atoms with Crippen LogP contribution in [-0.2, 0) is 6.54 Å². The topological polar surface area (TPSA) is 59.7 Å². The van der Waals surface area contributed by atoms with Crippen LogP contribution in [0.1, 0.15) is 24.0 Å². The lowest BCUT2D eigenvalue weighted by molar-refractivity contribution is 0.0167. The molecule has 2 aliphatic rings. The van der Waals surface area contributed by atoms with Gasteiger partial charge in [0.1, 0.15) is 18.5 Å². The van der Waals surface area contributed by atoms with Gasteiger partial charge in [-0.25, -0.2) is 0 Å². The molecule has 4 rings (SSSR count). The van der Waals surface area contributed by atoms with Gasteiger partial charge in [0.15, 0.2) is 0 Å². The van der Waals surface area contributed by atoms with Crippen molar-refractivity contribution in [3.05, 3.63) is 65.7 Å². The average Bonchev–Trinajstić information content (AvgIpc) is 3.04. The lowest BCUT2D eigenvalue weighted by atomic mass is 9.90. The summed E-state index contributed by atoms with van der Waals surface area (Å²) in [6.45, 7) is 4.19. The molecular formula is C25H31N3O2. The number of rotatable bonds is 8. The van der Waals surface area contributed by atoms with Crippen LogP contribution >= 0.6 is 0 Å². The molecule has 2 aromatic carbocycles. The van der Waals surface area contributed by atoms with Gasteiger partial charge in [0.25, 0.3) is 0 Å². The summed E-state index contributed by atoms with van der Waals surface area (Å²) in [5.41, 5.74) is 2.00. The summed E-state index contributed by atoms with van der Waals surface area (Å²) in [5.74, 6) is 2.03. The van der Waals surface area contributed by atoms with E-state index >= 15 is 0 Å². The second-order valence-corrected chi connectivity index (χ2v) is 8.81. The van der Waals surface area contributed by atoms with Crippen LogP contribution in [-0.4, -0.2) is 60.3 Å². The molecule has 0 radical (unpaired) electrons. The minimum atomic E-state index is -0.535. The van der Waals surface area contributed by atoms with E-state index in [1.54, 1.807) is 24.3 Å². The number of piperidine rings is 1. The van der Waals surface area contributed by atoms with E-state index in [9.17, 15) is 5.11 Å². The molecule has 158 valence electrons. The van der Waals surface area contributed by atoms with Gasteiger partial charge in [-0.05, 0) is 61.6 Å². The average molecular weight is 406 g/mol. The van der Waals surface area contributed by atoms with Crippen molar-refractivity contribution in [1.82, 2.24) is 9.80 Å². The van der Waals surface area contributed by atoms with Crippen LogP contribution in [0.3, 0.4) is 0 Å². The number of nitrogens with zero attached hydrogens (tertiary/aromatic N) is 3. The fraction of sp³-hybridized carbons (Fsp3) is 0.480. The number of nitriles is 1. The normalized spacial score (nSPS) is 24.5. The maximum atomic E-state index is 10.5. The van der Waals surface area contributed by atoms with E-state index in [1.807, 2.05) is 0 Å². The number of fused-ring (bicyclic) bond motifs is 2. The zero-order valence-electron chi connectivity index (χ0n) is 17.7. The predicted octanol–water partition coefficient (Wildman–Crippen LogP) is 3.14. The third-order valence-electron chi connectivity index (χ3n) is 6.54. The first-order valence-electron chi connectivity index (χ1n) is 10.9. The molecule has 3 unspecified atom stereocenters. The van der Waals surface area contributed by atoms with Gasteiger partial charge in [0, 0.05) is 32.2 Å². The second-order valence-electron chi connectivity index (χ2n) is 8.81. The van der Waals surface area contributed by atoms with Crippen molar-refractivity contribution < 1.29 is 9.84 Å². The van der Waals surface area contributed by atoms with Crippen molar-refractivity contribution in [3.8, 4) is 11.8 Å². The first-order chi connectivity index (χ1) is 14.6. The number of hydrogen-bond acceptors (Lipinski definition) is 5. The Morgan fingerprint density at radius 3 is 2.40 bits per heavy atom. The van der Waals surface area contributed by atoms with Crippen molar-refractivity contribution in [3.63, 3.8) is 0 Å².